The van der Waals surface area contributed by atoms with E-state index in [2.05, 4.69) is 9.97 Å². The van der Waals surface area contributed by atoms with E-state index in [9.17, 15) is 4.79 Å². The van der Waals surface area contributed by atoms with Gasteiger partial charge in [0.25, 0.3) is 5.56 Å². The van der Waals surface area contributed by atoms with Crippen molar-refractivity contribution in [3.8, 4) is 6.07 Å². The van der Waals surface area contributed by atoms with E-state index in [0.717, 1.165) is 5.56 Å². The molecule has 1 aromatic carbocycles. The third kappa shape index (κ3) is 1.76. The van der Waals surface area contributed by atoms with Gasteiger partial charge in [-0.3, -0.25) is 4.79 Å². The number of aromatic nitrogens is 2. The smallest absolute Gasteiger partial charge is 0.258 e. The zero-order valence-electron chi connectivity index (χ0n) is 7.77. The molecule has 1 heterocycles. The van der Waals surface area contributed by atoms with Gasteiger partial charge in [0.05, 0.1) is 23.3 Å². The Hall–Kier alpha value is -2.41. The molecule has 0 aliphatic heterocycles. The average molecular weight is 197 g/mol. The maximum absolute atomic E-state index is 11.4. The molecule has 0 atom stereocenters. The molecule has 2 aromatic rings. The summed E-state index contributed by atoms with van der Waals surface area (Å²) < 4.78 is 0. The lowest BCUT2D eigenvalue weighted by Gasteiger charge is -1.96. The van der Waals surface area contributed by atoms with Crippen molar-refractivity contribution in [3.05, 3.63) is 46.5 Å². The van der Waals surface area contributed by atoms with Gasteiger partial charge in [0.15, 0.2) is 0 Å². The predicted molar refractivity (Wildman–Crippen MR) is 57.0 cm³/mol. The lowest BCUT2D eigenvalue weighted by atomic mass is 10.1. The van der Waals surface area contributed by atoms with Crippen LogP contribution < -0.4 is 5.56 Å². The summed E-state index contributed by atoms with van der Waals surface area (Å²) in [6.07, 6.45) is 4.38. The van der Waals surface area contributed by atoms with Gasteiger partial charge in [0.1, 0.15) is 0 Å². The SMILES string of the molecule is N#CC=Cc1ccc2nc[nH]c(=O)c2c1. The summed E-state index contributed by atoms with van der Waals surface area (Å²) in [5, 5.41) is 8.90. The fourth-order valence-electron chi connectivity index (χ4n) is 1.32. The second-order valence-corrected chi connectivity index (χ2v) is 2.97. The number of nitriles is 1. The van der Waals surface area contributed by atoms with Gasteiger partial charge in [-0.05, 0) is 23.8 Å². The van der Waals surface area contributed by atoms with Crippen LogP contribution in [-0.2, 0) is 0 Å². The van der Waals surface area contributed by atoms with Crippen molar-refractivity contribution in [1.29, 1.82) is 5.26 Å². The Bertz CT molecular complexity index is 620. The van der Waals surface area contributed by atoms with Gasteiger partial charge < -0.3 is 4.98 Å². The zero-order chi connectivity index (χ0) is 10.7. The highest BCUT2D eigenvalue weighted by Gasteiger charge is 1.98. The van der Waals surface area contributed by atoms with Crippen LogP contribution in [0.4, 0.5) is 0 Å². The Morgan fingerprint density at radius 2 is 2.33 bits per heavy atom. The molecule has 15 heavy (non-hydrogen) atoms. The molecule has 4 nitrogen and oxygen atoms in total. The van der Waals surface area contributed by atoms with Crippen molar-refractivity contribution >= 4 is 17.0 Å². The molecule has 0 unspecified atom stereocenters. The zero-order valence-corrected chi connectivity index (χ0v) is 7.77. The summed E-state index contributed by atoms with van der Waals surface area (Å²) in [5.41, 5.74) is 1.28. The molecule has 0 saturated carbocycles. The Balaban J connectivity index is 2.66. The average Bonchev–Trinajstić information content (AvgIpc) is 2.27. The Morgan fingerprint density at radius 1 is 1.47 bits per heavy atom. The van der Waals surface area contributed by atoms with Crippen molar-refractivity contribution in [2.75, 3.05) is 0 Å². The van der Waals surface area contributed by atoms with Gasteiger partial charge in [-0.25, -0.2) is 4.98 Å². The number of hydrogen-bond donors (Lipinski definition) is 1. The molecular weight excluding hydrogens is 190 g/mol. The van der Waals surface area contributed by atoms with Crippen LogP contribution >= 0.6 is 0 Å². The lowest BCUT2D eigenvalue weighted by molar-refractivity contribution is 1.17. The molecule has 1 N–H and O–H groups in total. The van der Waals surface area contributed by atoms with Crippen LogP contribution in [0.25, 0.3) is 17.0 Å². The molecule has 0 bridgehead atoms. The summed E-state index contributed by atoms with van der Waals surface area (Å²) in [6, 6.07) is 7.16. The van der Waals surface area contributed by atoms with Gasteiger partial charge in [0.2, 0.25) is 0 Å². The predicted octanol–water partition coefficient (Wildman–Crippen LogP) is 1.46. The van der Waals surface area contributed by atoms with E-state index in [4.69, 9.17) is 5.26 Å². The first-order chi connectivity index (χ1) is 7.31. The third-order valence-electron chi connectivity index (χ3n) is 2.01. The van der Waals surface area contributed by atoms with Crippen LogP contribution in [0.5, 0.6) is 0 Å². The highest BCUT2D eigenvalue weighted by molar-refractivity contribution is 5.80. The van der Waals surface area contributed by atoms with Gasteiger partial charge >= 0.3 is 0 Å². The van der Waals surface area contributed by atoms with Crippen LogP contribution in [-0.4, -0.2) is 9.97 Å². The summed E-state index contributed by atoms with van der Waals surface area (Å²) in [6.45, 7) is 0. The maximum atomic E-state index is 11.4. The number of hydrogen-bond acceptors (Lipinski definition) is 3. The van der Waals surface area contributed by atoms with Crippen molar-refractivity contribution in [1.82, 2.24) is 9.97 Å². The quantitative estimate of drug-likeness (QED) is 0.703. The molecular formula is C11H7N3O. The summed E-state index contributed by atoms with van der Waals surface area (Å²) in [5.74, 6) is 0. The van der Waals surface area contributed by atoms with Crippen LogP contribution in [0, 0.1) is 11.3 Å². The van der Waals surface area contributed by atoms with Gasteiger partial charge in [-0.15, -0.1) is 0 Å². The molecule has 0 saturated heterocycles. The van der Waals surface area contributed by atoms with Crippen LogP contribution in [0.2, 0.25) is 0 Å². The van der Waals surface area contributed by atoms with E-state index in [1.54, 1.807) is 18.2 Å². The first-order valence-corrected chi connectivity index (χ1v) is 4.35. The van der Waals surface area contributed by atoms with E-state index in [0.29, 0.717) is 10.9 Å². The van der Waals surface area contributed by atoms with Gasteiger partial charge in [-0.2, -0.15) is 5.26 Å². The number of nitrogens with one attached hydrogen (secondary N) is 1. The number of nitrogens with zero attached hydrogens (tertiary/aromatic N) is 2. The first kappa shape index (κ1) is 9.16. The summed E-state index contributed by atoms with van der Waals surface area (Å²) >= 11 is 0. The fourth-order valence-corrected chi connectivity index (χ4v) is 1.32. The maximum Gasteiger partial charge on any atom is 0.258 e. The normalized spacial score (nSPS) is 10.6. The molecule has 0 aliphatic rings. The van der Waals surface area contributed by atoms with E-state index in [-0.39, 0.29) is 5.56 Å². The minimum absolute atomic E-state index is 0.174. The minimum atomic E-state index is -0.174. The monoisotopic (exact) mass is 197 g/mol. The molecule has 4 heteroatoms. The summed E-state index contributed by atoms with van der Waals surface area (Å²) in [4.78, 5) is 17.9. The molecule has 0 amide bonds. The van der Waals surface area contributed by atoms with Crippen molar-refractivity contribution < 1.29 is 0 Å². The van der Waals surface area contributed by atoms with Crippen LogP contribution in [0.15, 0.2) is 35.4 Å². The van der Waals surface area contributed by atoms with E-state index >= 15 is 0 Å². The Labute approximate surface area is 85.5 Å². The van der Waals surface area contributed by atoms with Gasteiger partial charge in [-0.1, -0.05) is 6.07 Å². The van der Waals surface area contributed by atoms with E-state index < -0.39 is 0 Å². The van der Waals surface area contributed by atoms with Crippen molar-refractivity contribution in [2.45, 2.75) is 0 Å². The number of rotatable bonds is 1. The largest absolute Gasteiger partial charge is 0.313 e. The van der Waals surface area contributed by atoms with Crippen molar-refractivity contribution in [3.63, 3.8) is 0 Å². The van der Waals surface area contributed by atoms with Gasteiger partial charge in [0, 0.05) is 6.08 Å². The Kier molecular flexibility index (Phi) is 2.30. The molecule has 0 fully saturated rings. The van der Waals surface area contributed by atoms with Crippen LogP contribution in [0.3, 0.4) is 0 Å². The highest BCUT2D eigenvalue weighted by atomic mass is 16.1. The third-order valence-corrected chi connectivity index (χ3v) is 2.01. The number of allylic oxidation sites excluding steroid dienone is 1. The van der Waals surface area contributed by atoms with Crippen molar-refractivity contribution in [2.24, 2.45) is 0 Å². The summed E-state index contributed by atoms with van der Waals surface area (Å²) in [7, 11) is 0. The molecule has 0 aliphatic carbocycles. The number of fused-ring (bicyclic) bond motifs is 1. The molecule has 2 rings (SSSR count). The highest BCUT2D eigenvalue weighted by Crippen LogP contribution is 2.10. The second kappa shape index (κ2) is 3.76. The standard InChI is InChI=1S/C11H7N3O/c12-5-1-2-8-3-4-10-9(6-8)11(15)14-7-13-10/h1-4,6-7H,(H,13,14,15). The minimum Gasteiger partial charge on any atom is -0.313 e. The topological polar surface area (TPSA) is 69.5 Å². The number of benzene rings is 1. The number of aromatic amines is 1. The molecule has 72 valence electrons. The molecule has 0 spiro atoms. The van der Waals surface area contributed by atoms with Crippen LogP contribution in [0.1, 0.15) is 5.56 Å². The first-order valence-electron chi connectivity index (χ1n) is 4.35. The Morgan fingerprint density at radius 3 is 3.13 bits per heavy atom. The van der Waals surface area contributed by atoms with E-state index in [1.165, 1.54) is 12.4 Å². The molecule has 1 aromatic heterocycles. The van der Waals surface area contributed by atoms with E-state index in [1.807, 2.05) is 12.1 Å². The lowest BCUT2D eigenvalue weighted by Crippen LogP contribution is -2.05. The second-order valence-electron chi connectivity index (χ2n) is 2.97. The molecule has 0 radical (unpaired) electrons. The fraction of sp³-hybridized carbons (Fsp3) is 0. The number of H-pyrrole nitrogens is 1.